The van der Waals surface area contributed by atoms with Gasteiger partial charge in [0.15, 0.2) is 5.96 Å². The number of methoxy groups -OCH3 is 1. The summed E-state index contributed by atoms with van der Waals surface area (Å²) in [5, 5.41) is 3.51. The normalized spacial score (nSPS) is 24.6. The summed E-state index contributed by atoms with van der Waals surface area (Å²) in [5.74, 6) is 0.987. The molecule has 1 atom stereocenters. The Kier molecular flexibility index (Phi) is 5.18. The number of hydrogen-bond donors (Lipinski definition) is 1. The second-order valence-electron chi connectivity index (χ2n) is 6.58. The molecule has 2 aliphatic heterocycles. The van der Waals surface area contributed by atoms with Crippen molar-refractivity contribution in [2.45, 2.75) is 26.0 Å². The summed E-state index contributed by atoms with van der Waals surface area (Å²) in [7, 11) is 3.59. The molecule has 3 rings (SSSR count). The second-order valence-corrected chi connectivity index (χ2v) is 6.58. The standard InChI is InChI=1S/C18H27N3O2/c1-19-17(21-9-7-18(13-21)8-10-23-14-18)20-11-15-5-3-4-6-16(15)12-22-2/h3-6H,7-14H2,1-2H3,(H,19,20). The van der Waals surface area contributed by atoms with E-state index < -0.39 is 0 Å². The van der Waals surface area contributed by atoms with Gasteiger partial charge in [-0.1, -0.05) is 24.3 Å². The first kappa shape index (κ1) is 16.3. The molecular formula is C18H27N3O2. The van der Waals surface area contributed by atoms with Crippen LogP contribution < -0.4 is 5.32 Å². The third-order valence-electron chi connectivity index (χ3n) is 4.99. The van der Waals surface area contributed by atoms with Gasteiger partial charge in [-0.2, -0.15) is 0 Å². The van der Waals surface area contributed by atoms with Crippen LogP contribution in [0, 0.1) is 5.41 Å². The maximum Gasteiger partial charge on any atom is 0.193 e. The van der Waals surface area contributed by atoms with Gasteiger partial charge in [0, 0.05) is 45.8 Å². The molecule has 1 spiro atoms. The van der Waals surface area contributed by atoms with Crippen LogP contribution in [0.2, 0.25) is 0 Å². The molecule has 1 aromatic rings. The molecule has 2 saturated heterocycles. The molecule has 0 saturated carbocycles. The number of hydrogen-bond acceptors (Lipinski definition) is 3. The van der Waals surface area contributed by atoms with E-state index >= 15 is 0 Å². The molecule has 1 aromatic carbocycles. The second kappa shape index (κ2) is 7.32. The molecule has 2 aliphatic rings. The SMILES string of the molecule is CN=C(NCc1ccccc1COC)N1CCC2(CCOC2)C1. The molecule has 23 heavy (non-hydrogen) atoms. The van der Waals surface area contributed by atoms with Crippen LogP contribution in [-0.4, -0.2) is 51.3 Å². The Morgan fingerprint density at radius 1 is 1.35 bits per heavy atom. The first-order valence-electron chi connectivity index (χ1n) is 8.35. The van der Waals surface area contributed by atoms with Crippen molar-refractivity contribution in [1.29, 1.82) is 0 Å². The largest absolute Gasteiger partial charge is 0.381 e. The van der Waals surface area contributed by atoms with Crippen LogP contribution >= 0.6 is 0 Å². The zero-order chi connectivity index (χ0) is 16.1. The highest BCUT2D eigenvalue weighted by Gasteiger charge is 2.42. The number of nitrogens with zero attached hydrogens (tertiary/aromatic N) is 2. The predicted octanol–water partition coefficient (Wildman–Crippen LogP) is 2.02. The monoisotopic (exact) mass is 317 g/mol. The van der Waals surface area contributed by atoms with E-state index in [4.69, 9.17) is 9.47 Å². The lowest BCUT2D eigenvalue weighted by molar-refractivity contribution is 0.156. The average Bonchev–Trinajstić information content (AvgIpc) is 3.20. The highest BCUT2D eigenvalue weighted by molar-refractivity contribution is 5.80. The molecular weight excluding hydrogens is 290 g/mol. The van der Waals surface area contributed by atoms with Crippen LogP contribution in [0.5, 0.6) is 0 Å². The lowest BCUT2D eigenvalue weighted by atomic mass is 9.87. The van der Waals surface area contributed by atoms with Gasteiger partial charge in [-0.15, -0.1) is 0 Å². The molecule has 2 heterocycles. The first-order chi connectivity index (χ1) is 11.3. The van der Waals surface area contributed by atoms with Gasteiger partial charge in [0.05, 0.1) is 13.2 Å². The quantitative estimate of drug-likeness (QED) is 0.682. The summed E-state index contributed by atoms with van der Waals surface area (Å²) in [6.07, 6.45) is 2.38. The summed E-state index contributed by atoms with van der Waals surface area (Å²) in [6, 6.07) is 8.38. The Morgan fingerprint density at radius 2 is 2.17 bits per heavy atom. The van der Waals surface area contributed by atoms with Crippen molar-refractivity contribution in [2.24, 2.45) is 10.4 Å². The predicted molar refractivity (Wildman–Crippen MR) is 91.4 cm³/mol. The maximum absolute atomic E-state index is 5.62. The van der Waals surface area contributed by atoms with Gasteiger partial charge < -0.3 is 19.7 Å². The van der Waals surface area contributed by atoms with E-state index in [1.54, 1.807) is 7.11 Å². The molecule has 1 N–H and O–H groups in total. The van der Waals surface area contributed by atoms with Gasteiger partial charge in [-0.3, -0.25) is 4.99 Å². The number of rotatable bonds is 4. The van der Waals surface area contributed by atoms with E-state index in [1.165, 1.54) is 24.0 Å². The van der Waals surface area contributed by atoms with E-state index in [1.807, 2.05) is 7.05 Å². The molecule has 126 valence electrons. The minimum absolute atomic E-state index is 0.353. The number of nitrogens with one attached hydrogen (secondary N) is 1. The van der Waals surface area contributed by atoms with Crippen molar-refractivity contribution >= 4 is 5.96 Å². The maximum atomic E-state index is 5.62. The fourth-order valence-electron chi connectivity index (χ4n) is 3.62. The number of benzene rings is 1. The van der Waals surface area contributed by atoms with Crippen molar-refractivity contribution in [2.75, 3.05) is 40.5 Å². The molecule has 0 aromatic heterocycles. The summed E-state index contributed by atoms with van der Waals surface area (Å²) in [6.45, 7) is 5.32. The molecule has 1 unspecified atom stereocenters. The van der Waals surface area contributed by atoms with Gasteiger partial charge in [-0.25, -0.2) is 0 Å². The number of guanidine groups is 1. The van der Waals surface area contributed by atoms with E-state index in [-0.39, 0.29) is 0 Å². The summed E-state index contributed by atoms with van der Waals surface area (Å²) in [4.78, 5) is 6.84. The molecule has 0 radical (unpaired) electrons. The molecule has 2 fully saturated rings. The fraction of sp³-hybridized carbons (Fsp3) is 0.611. The Morgan fingerprint density at radius 3 is 2.87 bits per heavy atom. The lowest BCUT2D eigenvalue weighted by Gasteiger charge is -2.25. The Balaban J connectivity index is 1.61. The fourth-order valence-corrected chi connectivity index (χ4v) is 3.62. The van der Waals surface area contributed by atoms with Gasteiger partial charge in [0.1, 0.15) is 0 Å². The van der Waals surface area contributed by atoms with E-state index in [2.05, 4.69) is 39.5 Å². The van der Waals surface area contributed by atoms with E-state index in [0.717, 1.165) is 38.8 Å². The van der Waals surface area contributed by atoms with Crippen molar-refractivity contribution in [3.05, 3.63) is 35.4 Å². The summed E-state index contributed by atoms with van der Waals surface area (Å²) >= 11 is 0. The number of ether oxygens (including phenoxy) is 2. The highest BCUT2D eigenvalue weighted by Crippen LogP contribution is 2.38. The van der Waals surface area contributed by atoms with E-state index in [9.17, 15) is 0 Å². The van der Waals surface area contributed by atoms with Crippen LogP contribution in [0.3, 0.4) is 0 Å². The zero-order valence-corrected chi connectivity index (χ0v) is 14.2. The highest BCUT2D eigenvalue weighted by atomic mass is 16.5. The topological polar surface area (TPSA) is 46.1 Å². The van der Waals surface area contributed by atoms with Crippen molar-refractivity contribution < 1.29 is 9.47 Å². The third kappa shape index (κ3) is 3.67. The van der Waals surface area contributed by atoms with Gasteiger partial charge in [0.2, 0.25) is 0 Å². The molecule has 0 amide bonds. The molecule has 5 nitrogen and oxygen atoms in total. The average molecular weight is 317 g/mol. The van der Waals surface area contributed by atoms with Crippen molar-refractivity contribution in [3.8, 4) is 0 Å². The van der Waals surface area contributed by atoms with Crippen LogP contribution in [0.1, 0.15) is 24.0 Å². The van der Waals surface area contributed by atoms with Gasteiger partial charge >= 0.3 is 0 Å². The zero-order valence-electron chi connectivity index (χ0n) is 14.2. The van der Waals surface area contributed by atoms with Crippen LogP contribution in [0.15, 0.2) is 29.3 Å². The van der Waals surface area contributed by atoms with Crippen LogP contribution in [0.25, 0.3) is 0 Å². The summed E-state index contributed by atoms with van der Waals surface area (Å²) in [5.41, 5.74) is 2.83. The third-order valence-corrected chi connectivity index (χ3v) is 4.99. The molecule has 0 bridgehead atoms. The molecule has 0 aliphatic carbocycles. The van der Waals surface area contributed by atoms with Gasteiger partial charge in [-0.05, 0) is 24.0 Å². The summed E-state index contributed by atoms with van der Waals surface area (Å²) < 4.78 is 10.9. The lowest BCUT2D eigenvalue weighted by Crippen LogP contribution is -2.41. The molecule has 5 heteroatoms. The van der Waals surface area contributed by atoms with Crippen molar-refractivity contribution in [3.63, 3.8) is 0 Å². The minimum Gasteiger partial charge on any atom is -0.381 e. The minimum atomic E-state index is 0.353. The van der Waals surface area contributed by atoms with Gasteiger partial charge in [0.25, 0.3) is 0 Å². The first-order valence-corrected chi connectivity index (χ1v) is 8.35. The number of likely N-dealkylation sites (tertiary alicyclic amines) is 1. The van der Waals surface area contributed by atoms with E-state index in [0.29, 0.717) is 12.0 Å². The Hall–Kier alpha value is -1.59. The Bertz CT molecular complexity index is 553. The number of aliphatic imine (C=N–C) groups is 1. The van der Waals surface area contributed by atoms with Crippen LogP contribution in [0.4, 0.5) is 0 Å². The smallest absolute Gasteiger partial charge is 0.193 e. The Labute approximate surface area is 138 Å². The van der Waals surface area contributed by atoms with Crippen molar-refractivity contribution in [1.82, 2.24) is 10.2 Å². The van der Waals surface area contributed by atoms with Crippen LogP contribution in [-0.2, 0) is 22.6 Å².